The summed E-state index contributed by atoms with van der Waals surface area (Å²) in [5.74, 6) is 0.591. The van der Waals surface area contributed by atoms with Crippen LogP contribution in [0.25, 0.3) is 0 Å². The molecule has 1 aromatic heterocycles. The van der Waals surface area contributed by atoms with Gasteiger partial charge in [0, 0.05) is 16.2 Å². The van der Waals surface area contributed by atoms with Crippen molar-refractivity contribution in [2.75, 3.05) is 27.2 Å². The summed E-state index contributed by atoms with van der Waals surface area (Å²) < 4.78 is 6.41. The molecule has 0 radical (unpaired) electrons. The molecule has 72 valence electrons. The van der Waals surface area contributed by atoms with Gasteiger partial charge in [0.1, 0.15) is 6.61 Å². The van der Waals surface area contributed by atoms with Gasteiger partial charge in [0.2, 0.25) is 5.88 Å². The monoisotopic (exact) mass is 293 g/mol. The zero-order valence-electron chi connectivity index (χ0n) is 7.70. The molecule has 0 aliphatic carbocycles. The van der Waals surface area contributed by atoms with E-state index in [0.717, 1.165) is 10.1 Å². The van der Waals surface area contributed by atoms with E-state index in [1.54, 1.807) is 6.20 Å². The Kier molecular flexibility index (Phi) is 4.37. The second-order valence-corrected chi connectivity index (χ2v) is 4.11. The fourth-order valence-electron chi connectivity index (χ4n) is 0.728. The molecule has 1 heterocycles. The van der Waals surface area contributed by atoms with Crippen molar-refractivity contribution in [3.63, 3.8) is 0 Å². The summed E-state index contributed by atoms with van der Waals surface area (Å²) >= 11 is 2.18. The summed E-state index contributed by atoms with van der Waals surface area (Å²) in [4.78, 5) is 2.06. The molecule has 0 saturated heterocycles. The maximum absolute atomic E-state index is 5.38. The van der Waals surface area contributed by atoms with Gasteiger partial charge >= 0.3 is 0 Å². The van der Waals surface area contributed by atoms with Gasteiger partial charge in [-0.25, -0.2) is 0 Å². The van der Waals surface area contributed by atoms with Crippen LogP contribution in [0.4, 0.5) is 0 Å². The van der Waals surface area contributed by atoms with E-state index in [4.69, 9.17) is 4.74 Å². The number of aromatic nitrogens is 2. The molecule has 1 aromatic rings. The van der Waals surface area contributed by atoms with Crippen LogP contribution in [0.5, 0.6) is 5.88 Å². The molecule has 0 bridgehead atoms. The minimum Gasteiger partial charge on any atom is -0.475 e. The van der Waals surface area contributed by atoms with Crippen LogP contribution in [0.2, 0.25) is 0 Å². The lowest BCUT2D eigenvalue weighted by molar-refractivity contribution is 0.251. The number of ether oxygens (including phenoxy) is 1. The van der Waals surface area contributed by atoms with Crippen molar-refractivity contribution in [1.29, 1.82) is 0 Å². The molecule has 0 atom stereocenters. The van der Waals surface area contributed by atoms with Gasteiger partial charge in [-0.3, -0.25) is 0 Å². The molecule has 0 fully saturated rings. The van der Waals surface area contributed by atoms with Gasteiger partial charge in [0.15, 0.2) is 0 Å². The maximum atomic E-state index is 5.38. The number of nitrogens with zero attached hydrogens (tertiary/aromatic N) is 3. The molecule has 0 aromatic carbocycles. The Balaban J connectivity index is 2.37. The molecule has 1 rings (SSSR count). The standard InChI is InChI=1S/C8H12IN3O/c1-12(2)3-4-13-8-5-7(9)6-10-11-8/h5-6H,3-4H2,1-2H3. The first-order valence-corrected chi connectivity index (χ1v) is 5.02. The normalized spacial score (nSPS) is 10.5. The molecular weight excluding hydrogens is 281 g/mol. The van der Waals surface area contributed by atoms with E-state index in [1.165, 1.54) is 0 Å². The molecule has 0 spiro atoms. The van der Waals surface area contributed by atoms with E-state index in [0.29, 0.717) is 12.5 Å². The lowest BCUT2D eigenvalue weighted by Crippen LogP contribution is -2.19. The van der Waals surface area contributed by atoms with E-state index in [9.17, 15) is 0 Å². The first-order valence-electron chi connectivity index (χ1n) is 3.94. The van der Waals surface area contributed by atoms with Crippen molar-refractivity contribution < 1.29 is 4.74 Å². The maximum Gasteiger partial charge on any atom is 0.234 e. The smallest absolute Gasteiger partial charge is 0.234 e. The van der Waals surface area contributed by atoms with E-state index in [-0.39, 0.29) is 0 Å². The van der Waals surface area contributed by atoms with E-state index in [1.807, 2.05) is 20.2 Å². The Morgan fingerprint density at radius 2 is 2.31 bits per heavy atom. The Morgan fingerprint density at radius 3 is 2.92 bits per heavy atom. The molecule has 0 N–H and O–H groups in total. The third-order valence-corrected chi connectivity index (χ3v) is 1.98. The number of hydrogen-bond donors (Lipinski definition) is 0. The molecule has 0 amide bonds. The summed E-state index contributed by atoms with van der Waals surface area (Å²) in [6.07, 6.45) is 1.69. The topological polar surface area (TPSA) is 38.2 Å². The van der Waals surface area contributed by atoms with Crippen LogP contribution >= 0.6 is 22.6 Å². The van der Waals surface area contributed by atoms with Crippen LogP contribution in [-0.4, -0.2) is 42.3 Å². The predicted octanol–water partition coefficient (Wildman–Crippen LogP) is 1.02. The Labute approximate surface area is 91.4 Å². The van der Waals surface area contributed by atoms with Gasteiger partial charge in [-0.2, -0.15) is 5.10 Å². The zero-order valence-corrected chi connectivity index (χ0v) is 9.85. The van der Waals surface area contributed by atoms with Crippen LogP contribution in [-0.2, 0) is 0 Å². The van der Waals surface area contributed by atoms with Crippen molar-refractivity contribution >= 4 is 22.6 Å². The SMILES string of the molecule is CN(C)CCOc1cc(I)cnn1. The van der Waals surface area contributed by atoms with Crippen molar-refractivity contribution in [2.45, 2.75) is 0 Å². The molecule has 0 aliphatic rings. The third kappa shape index (κ3) is 4.37. The van der Waals surface area contributed by atoms with Gasteiger partial charge in [0.05, 0.1) is 6.20 Å². The van der Waals surface area contributed by atoms with Crippen molar-refractivity contribution in [3.8, 4) is 5.88 Å². The van der Waals surface area contributed by atoms with Crippen LogP contribution in [0, 0.1) is 3.57 Å². The van der Waals surface area contributed by atoms with Crippen molar-refractivity contribution in [1.82, 2.24) is 15.1 Å². The highest BCUT2D eigenvalue weighted by molar-refractivity contribution is 14.1. The summed E-state index contributed by atoms with van der Waals surface area (Å²) in [5.41, 5.74) is 0. The minimum atomic E-state index is 0.591. The molecule has 0 unspecified atom stereocenters. The lowest BCUT2D eigenvalue weighted by atomic mass is 10.5. The van der Waals surface area contributed by atoms with Crippen LogP contribution < -0.4 is 4.74 Å². The first kappa shape index (κ1) is 10.6. The third-order valence-electron chi connectivity index (χ3n) is 1.39. The highest BCUT2D eigenvalue weighted by Crippen LogP contribution is 2.08. The molecule has 0 saturated carbocycles. The van der Waals surface area contributed by atoms with Gasteiger partial charge < -0.3 is 9.64 Å². The number of rotatable bonds is 4. The summed E-state index contributed by atoms with van der Waals surface area (Å²) in [5, 5.41) is 7.63. The van der Waals surface area contributed by atoms with Gasteiger partial charge in [-0.15, -0.1) is 5.10 Å². The van der Waals surface area contributed by atoms with Gasteiger partial charge in [-0.1, -0.05) is 0 Å². The molecule has 5 heteroatoms. The quantitative estimate of drug-likeness (QED) is 0.777. The summed E-state index contributed by atoms with van der Waals surface area (Å²) in [7, 11) is 4.01. The number of likely N-dealkylation sites (N-methyl/N-ethyl adjacent to an activating group) is 1. The van der Waals surface area contributed by atoms with Crippen LogP contribution in [0.1, 0.15) is 0 Å². The Morgan fingerprint density at radius 1 is 1.54 bits per heavy atom. The van der Waals surface area contributed by atoms with Crippen LogP contribution in [0.15, 0.2) is 12.3 Å². The van der Waals surface area contributed by atoms with Crippen molar-refractivity contribution in [3.05, 3.63) is 15.8 Å². The van der Waals surface area contributed by atoms with E-state index >= 15 is 0 Å². The average Bonchev–Trinajstić information content (AvgIpc) is 2.03. The molecule has 0 aliphatic heterocycles. The first-order chi connectivity index (χ1) is 6.18. The highest BCUT2D eigenvalue weighted by Gasteiger charge is 1.97. The fourth-order valence-corrected chi connectivity index (χ4v) is 1.12. The number of halogens is 1. The lowest BCUT2D eigenvalue weighted by Gasteiger charge is -2.09. The Bertz CT molecular complexity index is 267. The summed E-state index contributed by atoms with van der Waals surface area (Å²) in [6, 6.07) is 1.86. The molecule has 13 heavy (non-hydrogen) atoms. The largest absolute Gasteiger partial charge is 0.475 e. The summed E-state index contributed by atoms with van der Waals surface area (Å²) in [6.45, 7) is 1.52. The van der Waals surface area contributed by atoms with Gasteiger partial charge in [0.25, 0.3) is 0 Å². The molecular formula is C8H12IN3O. The van der Waals surface area contributed by atoms with E-state index < -0.39 is 0 Å². The van der Waals surface area contributed by atoms with Crippen molar-refractivity contribution in [2.24, 2.45) is 0 Å². The van der Waals surface area contributed by atoms with Crippen LogP contribution in [0.3, 0.4) is 0 Å². The fraction of sp³-hybridized carbons (Fsp3) is 0.500. The minimum absolute atomic E-state index is 0.591. The average molecular weight is 293 g/mol. The second-order valence-electron chi connectivity index (χ2n) is 2.86. The predicted molar refractivity (Wildman–Crippen MR) is 58.8 cm³/mol. The van der Waals surface area contributed by atoms with Gasteiger partial charge in [-0.05, 0) is 36.7 Å². The molecule has 4 nitrogen and oxygen atoms in total. The Hall–Kier alpha value is -0.430. The second kappa shape index (κ2) is 5.33. The number of hydrogen-bond acceptors (Lipinski definition) is 4. The zero-order chi connectivity index (χ0) is 9.68. The van der Waals surface area contributed by atoms with E-state index in [2.05, 4.69) is 37.7 Å². The highest BCUT2D eigenvalue weighted by atomic mass is 127.